The lowest BCUT2D eigenvalue weighted by atomic mass is 10.0. The zero-order valence-electron chi connectivity index (χ0n) is 9.52. The van der Waals surface area contributed by atoms with Gasteiger partial charge in [0.2, 0.25) is 0 Å². The Morgan fingerprint density at radius 2 is 2.00 bits per heavy atom. The summed E-state index contributed by atoms with van der Waals surface area (Å²) in [6, 6.07) is 5.58. The maximum atomic E-state index is 13.5. The van der Waals surface area contributed by atoms with Crippen LogP contribution in [-0.2, 0) is 9.84 Å². The molecule has 0 saturated heterocycles. The highest BCUT2D eigenvalue weighted by Crippen LogP contribution is 2.41. The summed E-state index contributed by atoms with van der Waals surface area (Å²) in [6.45, 7) is 1.61. The summed E-state index contributed by atoms with van der Waals surface area (Å²) in [6.07, 6.45) is -0.319. The molecule has 17 heavy (non-hydrogen) atoms. The summed E-state index contributed by atoms with van der Waals surface area (Å²) >= 11 is 3.04. The van der Waals surface area contributed by atoms with Crippen molar-refractivity contribution in [2.24, 2.45) is 0 Å². The van der Waals surface area contributed by atoms with Crippen LogP contribution in [0, 0.1) is 5.82 Å². The van der Waals surface area contributed by atoms with E-state index in [4.69, 9.17) is 0 Å². The fourth-order valence-electron chi connectivity index (χ4n) is 1.59. The molecule has 0 unspecified atom stereocenters. The lowest BCUT2D eigenvalue weighted by Gasteiger charge is -2.30. The molecule has 0 aromatic heterocycles. The summed E-state index contributed by atoms with van der Waals surface area (Å²) in [5, 5.41) is 10.1. The maximum absolute atomic E-state index is 13.5. The van der Waals surface area contributed by atoms with E-state index in [2.05, 4.69) is 15.9 Å². The fraction of sp³-hybridized carbons (Fsp3) is 0.455. The quantitative estimate of drug-likeness (QED) is 0.865. The van der Waals surface area contributed by atoms with Crippen molar-refractivity contribution in [3.05, 3.63) is 35.6 Å². The van der Waals surface area contributed by atoms with Gasteiger partial charge in [-0.05, 0) is 12.5 Å². The van der Waals surface area contributed by atoms with Gasteiger partial charge in [-0.15, -0.1) is 0 Å². The van der Waals surface area contributed by atoms with Crippen LogP contribution in [0.25, 0.3) is 0 Å². The van der Waals surface area contributed by atoms with Gasteiger partial charge >= 0.3 is 0 Å². The second-order valence-electron chi connectivity index (χ2n) is 3.84. The van der Waals surface area contributed by atoms with Crippen LogP contribution in [0.15, 0.2) is 24.3 Å². The maximum Gasteiger partial charge on any atom is 0.166 e. The lowest BCUT2D eigenvalue weighted by molar-refractivity contribution is 0.155. The van der Waals surface area contributed by atoms with Gasteiger partial charge in [-0.3, -0.25) is 0 Å². The smallest absolute Gasteiger partial charge is 0.166 e. The van der Waals surface area contributed by atoms with Gasteiger partial charge in [-0.1, -0.05) is 41.1 Å². The lowest BCUT2D eigenvalue weighted by Crippen LogP contribution is -2.37. The van der Waals surface area contributed by atoms with E-state index in [1.165, 1.54) is 18.2 Å². The molecule has 1 N–H and O–H groups in total. The molecule has 0 radical (unpaired) electrons. The highest BCUT2D eigenvalue weighted by Gasteiger charge is 2.45. The Balaban J connectivity index is 3.29. The van der Waals surface area contributed by atoms with Crippen LogP contribution >= 0.6 is 15.9 Å². The standard InChI is InChI=1S/C11H14BrFO3S/c1-3-11(12,17(2,15)16)10(14)8-6-4-5-7-9(8)13/h4-7,10,14H,3H2,1-2H3/t10-,11-/m0/s1. The van der Waals surface area contributed by atoms with Gasteiger partial charge in [0.15, 0.2) is 13.5 Å². The molecule has 0 aliphatic carbocycles. The summed E-state index contributed by atoms with van der Waals surface area (Å²) in [4.78, 5) is 0. The molecule has 2 atom stereocenters. The third-order valence-corrected chi connectivity index (χ3v) is 7.21. The van der Waals surface area contributed by atoms with E-state index in [0.29, 0.717) is 0 Å². The molecule has 0 aliphatic heterocycles. The van der Waals surface area contributed by atoms with Crippen molar-refractivity contribution >= 4 is 25.8 Å². The normalized spacial score (nSPS) is 17.5. The molecule has 0 amide bonds. The highest BCUT2D eigenvalue weighted by molar-refractivity contribution is 9.11. The van der Waals surface area contributed by atoms with Gasteiger partial charge in [0, 0.05) is 11.8 Å². The van der Waals surface area contributed by atoms with Gasteiger partial charge in [0.05, 0.1) is 0 Å². The van der Waals surface area contributed by atoms with E-state index in [1.54, 1.807) is 13.0 Å². The topological polar surface area (TPSA) is 54.4 Å². The van der Waals surface area contributed by atoms with Crippen LogP contribution < -0.4 is 0 Å². The van der Waals surface area contributed by atoms with Crippen molar-refractivity contribution in [2.45, 2.75) is 23.1 Å². The first kappa shape index (κ1) is 14.6. The molecule has 1 aromatic carbocycles. The van der Waals surface area contributed by atoms with Crippen LogP contribution in [0.2, 0.25) is 0 Å². The molecule has 0 spiro atoms. The van der Waals surface area contributed by atoms with E-state index in [-0.39, 0.29) is 12.0 Å². The van der Waals surface area contributed by atoms with Crippen molar-refractivity contribution in [1.82, 2.24) is 0 Å². The molecule has 0 saturated carbocycles. The Kier molecular flexibility index (Phi) is 4.33. The SMILES string of the molecule is CC[C@@](Br)([C@@H](O)c1ccccc1F)S(C)(=O)=O. The monoisotopic (exact) mass is 324 g/mol. The zero-order valence-corrected chi connectivity index (χ0v) is 11.9. The van der Waals surface area contributed by atoms with Crippen molar-refractivity contribution in [1.29, 1.82) is 0 Å². The fourth-order valence-corrected chi connectivity index (χ4v) is 2.89. The van der Waals surface area contributed by atoms with Gasteiger partial charge in [-0.25, -0.2) is 12.8 Å². The molecular weight excluding hydrogens is 311 g/mol. The van der Waals surface area contributed by atoms with E-state index >= 15 is 0 Å². The van der Waals surface area contributed by atoms with Crippen LogP contribution in [0.1, 0.15) is 25.0 Å². The van der Waals surface area contributed by atoms with E-state index in [9.17, 15) is 17.9 Å². The molecule has 6 heteroatoms. The third-order valence-electron chi connectivity index (χ3n) is 2.71. The van der Waals surface area contributed by atoms with Gasteiger partial charge in [0.25, 0.3) is 0 Å². The predicted octanol–water partition coefficient (Wildman–Crippen LogP) is 2.40. The first-order chi connectivity index (χ1) is 7.74. The van der Waals surface area contributed by atoms with Crippen molar-refractivity contribution < 1.29 is 17.9 Å². The van der Waals surface area contributed by atoms with E-state index < -0.39 is 25.4 Å². The largest absolute Gasteiger partial charge is 0.386 e. The zero-order chi connectivity index (χ0) is 13.3. The minimum atomic E-state index is -3.58. The third kappa shape index (κ3) is 2.69. The average molecular weight is 325 g/mol. The average Bonchev–Trinajstić information content (AvgIpc) is 2.26. The van der Waals surface area contributed by atoms with Crippen molar-refractivity contribution in [3.8, 4) is 0 Å². The number of alkyl halides is 1. The summed E-state index contributed by atoms with van der Waals surface area (Å²) in [7, 11) is -3.58. The van der Waals surface area contributed by atoms with Crippen LogP contribution in [-0.4, -0.2) is 23.4 Å². The molecule has 1 aromatic rings. The number of rotatable bonds is 4. The van der Waals surface area contributed by atoms with E-state index in [1.807, 2.05) is 0 Å². The van der Waals surface area contributed by atoms with Gasteiger partial charge < -0.3 is 5.11 Å². The summed E-state index contributed by atoms with van der Waals surface area (Å²) in [5.41, 5.74) is -0.0309. The first-order valence-electron chi connectivity index (χ1n) is 5.05. The number of aliphatic hydroxyl groups excluding tert-OH is 1. The Bertz CT molecular complexity index is 503. The number of hydrogen-bond donors (Lipinski definition) is 1. The van der Waals surface area contributed by atoms with Gasteiger partial charge in [-0.2, -0.15) is 0 Å². The summed E-state index contributed by atoms with van der Waals surface area (Å²) < 4.78 is 35.3. The Morgan fingerprint density at radius 3 is 2.41 bits per heavy atom. The number of sulfone groups is 1. The number of hydrogen-bond acceptors (Lipinski definition) is 3. The van der Waals surface area contributed by atoms with Crippen LogP contribution in [0.5, 0.6) is 0 Å². The summed E-state index contributed by atoms with van der Waals surface area (Å²) in [5.74, 6) is -0.624. The molecule has 3 nitrogen and oxygen atoms in total. The number of benzene rings is 1. The second-order valence-corrected chi connectivity index (χ2v) is 8.05. The molecule has 0 aliphatic rings. The van der Waals surface area contributed by atoms with Gasteiger partial charge in [0.1, 0.15) is 11.9 Å². The Morgan fingerprint density at radius 1 is 1.47 bits per heavy atom. The molecule has 0 bridgehead atoms. The predicted molar refractivity (Wildman–Crippen MR) is 68.2 cm³/mol. The first-order valence-corrected chi connectivity index (χ1v) is 7.73. The van der Waals surface area contributed by atoms with E-state index in [0.717, 1.165) is 6.26 Å². The van der Waals surface area contributed by atoms with Crippen molar-refractivity contribution in [2.75, 3.05) is 6.26 Å². The molecule has 96 valence electrons. The minimum Gasteiger partial charge on any atom is -0.386 e. The minimum absolute atomic E-state index is 0.0309. The highest BCUT2D eigenvalue weighted by atomic mass is 79.9. The van der Waals surface area contributed by atoms with Crippen LogP contribution in [0.4, 0.5) is 4.39 Å². The molecule has 1 rings (SSSR count). The van der Waals surface area contributed by atoms with Crippen molar-refractivity contribution in [3.63, 3.8) is 0 Å². The molecule has 0 fully saturated rings. The molecular formula is C11H14BrFO3S. The number of halogens is 2. The number of aliphatic hydroxyl groups is 1. The second kappa shape index (κ2) is 5.04. The Hall–Kier alpha value is -0.460. The Labute approximate surface area is 109 Å². The van der Waals surface area contributed by atoms with Crippen LogP contribution in [0.3, 0.4) is 0 Å². The molecule has 0 heterocycles.